The molecule has 0 bridgehead atoms. The Morgan fingerprint density at radius 2 is 2.00 bits per heavy atom. The van der Waals surface area contributed by atoms with E-state index in [-0.39, 0.29) is 18.4 Å². The fourth-order valence-electron chi connectivity index (χ4n) is 1.83. The summed E-state index contributed by atoms with van der Waals surface area (Å²) in [6.45, 7) is 4.46. The van der Waals surface area contributed by atoms with Crippen LogP contribution in [-0.4, -0.2) is 28.4 Å². The minimum absolute atomic E-state index is 0.0228. The molecule has 1 amide bonds. The highest BCUT2D eigenvalue weighted by atomic mass is 35.5. The van der Waals surface area contributed by atoms with E-state index in [9.17, 15) is 4.79 Å². The number of carbonyl (C=O) groups is 1. The van der Waals surface area contributed by atoms with Crippen LogP contribution in [0.5, 0.6) is 0 Å². The Morgan fingerprint density at radius 3 is 2.50 bits per heavy atom. The van der Waals surface area contributed by atoms with Crippen LogP contribution in [-0.2, 0) is 11.2 Å². The van der Waals surface area contributed by atoms with Gasteiger partial charge in [0.25, 0.3) is 0 Å². The third kappa shape index (κ3) is 5.27. The van der Waals surface area contributed by atoms with Crippen LogP contribution >= 0.6 is 35.4 Å². The number of carbonyl (C=O) groups excluding carboxylic acids is 1. The van der Waals surface area contributed by atoms with Gasteiger partial charge in [0.2, 0.25) is 5.91 Å². The van der Waals surface area contributed by atoms with Crippen LogP contribution in [0.2, 0.25) is 10.0 Å². The lowest BCUT2D eigenvalue weighted by molar-refractivity contribution is -0.132. The van der Waals surface area contributed by atoms with Crippen molar-refractivity contribution in [2.24, 2.45) is 5.73 Å². The molecule has 0 aliphatic carbocycles. The molecule has 0 fully saturated rings. The second kappa shape index (κ2) is 7.81. The average molecular weight is 333 g/mol. The zero-order valence-corrected chi connectivity index (χ0v) is 13.9. The lowest BCUT2D eigenvalue weighted by atomic mass is 10.1. The van der Waals surface area contributed by atoms with Crippen molar-refractivity contribution < 1.29 is 4.79 Å². The van der Waals surface area contributed by atoms with Crippen molar-refractivity contribution in [3.05, 3.63) is 33.8 Å². The Bertz CT molecular complexity index is 506. The monoisotopic (exact) mass is 332 g/mol. The Morgan fingerprint density at radius 1 is 1.35 bits per heavy atom. The minimum atomic E-state index is 0.0228. The average Bonchev–Trinajstić information content (AvgIpc) is 2.33. The Balaban J connectivity index is 2.74. The van der Waals surface area contributed by atoms with E-state index in [1.807, 2.05) is 13.8 Å². The molecule has 3 nitrogen and oxygen atoms in total. The zero-order chi connectivity index (χ0) is 15.3. The van der Waals surface area contributed by atoms with E-state index in [1.165, 1.54) is 0 Å². The summed E-state index contributed by atoms with van der Waals surface area (Å²) < 4.78 is 0. The lowest BCUT2D eigenvalue weighted by Crippen LogP contribution is -2.39. The van der Waals surface area contributed by atoms with Gasteiger partial charge in [0.15, 0.2) is 0 Å². The molecule has 0 atom stereocenters. The van der Waals surface area contributed by atoms with E-state index in [4.69, 9.17) is 41.2 Å². The van der Waals surface area contributed by atoms with E-state index in [0.29, 0.717) is 28.0 Å². The lowest BCUT2D eigenvalue weighted by Gasteiger charge is -2.26. The van der Waals surface area contributed by atoms with Crippen molar-refractivity contribution in [3.63, 3.8) is 0 Å². The van der Waals surface area contributed by atoms with Crippen LogP contribution in [0.4, 0.5) is 0 Å². The molecule has 6 heteroatoms. The van der Waals surface area contributed by atoms with Gasteiger partial charge < -0.3 is 10.6 Å². The predicted molar refractivity (Wildman–Crippen MR) is 88.4 cm³/mol. The van der Waals surface area contributed by atoms with Gasteiger partial charge in [0, 0.05) is 19.0 Å². The van der Waals surface area contributed by atoms with Gasteiger partial charge in [-0.25, -0.2) is 0 Å². The van der Waals surface area contributed by atoms with Crippen molar-refractivity contribution in [2.75, 3.05) is 6.54 Å². The molecule has 0 heterocycles. The second-order valence-electron chi connectivity index (χ2n) is 4.82. The number of nitrogens with zero attached hydrogens (tertiary/aromatic N) is 1. The number of hydrogen-bond acceptors (Lipinski definition) is 2. The number of rotatable bonds is 6. The zero-order valence-electron chi connectivity index (χ0n) is 11.5. The first-order valence-corrected chi connectivity index (χ1v) is 7.49. The smallest absolute Gasteiger partial charge is 0.227 e. The fourth-order valence-corrected chi connectivity index (χ4v) is 2.24. The number of thiocarbonyl (C=S) groups is 1. The maximum atomic E-state index is 12.3. The molecule has 0 unspecified atom stereocenters. The van der Waals surface area contributed by atoms with Crippen molar-refractivity contribution in [3.8, 4) is 0 Å². The Hall–Kier alpha value is -0.840. The molecule has 20 heavy (non-hydrogen) atoms. The van der Waals surface area contributed by atoms with Crippen LogP contribution in [0.25, 0.3) is 0 Å². The van der Waals surface area contributed by atoms with Gasteiger partial charge in [-0.15, -0.1) is 0 Å². The van der Waals surface area contributed by atoms with Crippen molar-refractivity contribution in [1.82, 2.24) is 4.90 Å². The number of halogens is 2. The SMILES string of the molecule is CC(C)N(CCC(N)=S)C(=O)Cc1ccc(Cl)c(Cl)c1. The molecule has 1 aromatic carbocycles. The molecule has 1 aromatic rings. The summed E-state index contributed by atoms with van der Waals surface area (Å²) >= 11 is 16.7. The van der Waals surface area contributed by atoms with Gasteiger partial charge in [0.05, 0.1) is 21.5 Å². The highest BCUT2D eigenvalue weighted by Gasteiger charge is 2.17. The Labute approximate surface area is 135 Å². The van der Waals surface area contributed by atoms with Gasteiger partial charge in [-0.1, -0.05) is 41.5 Å². The van der Waals surface area contributed by atoms with Gasteiger partial charge in [-0.2, -0.15) is 0 Å². The summed E-state index contributed by atoms with van der Waals surface area (Å²) in [4.78, 5) is 14.5. The molecule has 2 N–H and O–H groups in total. The molecule has 0 saturated carbocycles. The highest BCUT2D eigenvalue weighted by molar-refractivity contribution is 7.80. The van der Waals surface area contributed by atoms with Crippen LogP contribution in [0.15, 0.2) is 18.2 Å². The van der Waals surface area contributed by atoms with Crippen LogP contribution in [0.1, 0.15) is 25.8 Å². The topological polar surface area (TPSA) is 46.3 Å². The van der Waals surface area contributed by atoms with Gasteiger partial charge in [-0.3, -0.25) is 4.79 Å². The standard InChI is InChI=1S/C14H18Cl2N2OS/c1-9(2)18(6-5-13(17)20)14(19)8-10-3-4-11(15)12(16)7-10/h3-4,7,9H,5-6,8H2,1-2H3,(H2,17,20). The molecule has 0 aromatic heterocycles. The Kier molecular flexibility index (Phi) is 6.72. The van der Waals surface area contributed by atoms with E-state index < -0.39 is 0 Å². The summed E-state index contributed by atoms with van der Waals surface area (Å²) in [6, 6.07) is 5.31. The summed E-state index contributed by atoms with van der Waals surface area (Å²) in [5, 5.41) is 0.938. The molecule has 0 spiro atoms. The van der Waals surface area contributed by atoms with Crippen molar-refractivity contribution >= 4 is 46.3 Å². The molecule has 0 aliphatic rings. The molecule has 110 valence electrons. The first-order chi connectivity index (χ1) is 9.31. The summed E-state index contributed by atoms with van der Waals surface area (Å²) in [6.07, 6.45) is 0.813. The molecular formula is C14H18Cl2N2OS. The number of hydrogen-bond donors (Lipinski definition) is 1. The normalized spacial score (nSPS) is 10.7. The summed E-state index contributed by atoms with van der Waals surface area (Å²) in [7, 11) is 0. The first-order valence-electron chi connectivity index (χ1n) is 6.33. The fraction of sp³-hybridized carbons (Fsp3) is 0.429. The summed E-state index contributed by atoms with van der Waals surface area (Å²) in [5.74, 6) is 0.0228. The summed E-state index contributed by atoms with van der Waals surface area (Å²) in [5.41, 5.74) is 6.33. The van der Waals surface area contributed by atoms with E-state index in [0.717, 1.165) is 5.56 Å². The highest BCUT2D eigenvalue weighted by Crippen LogP contribution is 2.23. The second-order valence-corrected chi connectivity index (χ2v) is 6.16. The van der Waals surface area contributed by atoms with Crippen LogP contribution in [0, 0.1) is 0 Å². The predicted octanol–water partition coefficient (Wildman–Crippen LogP) is 3.45. The third-order valence-electron chi connectivity index (χ3n) is 2.88. The van der Waals surface area contributed by atoms with Gasteiger partial charge >= 0.3 is 0 Å². The molecule has 0 radical (unpaired) electrons. The molecule has 0 saturated heterocycles. The quantitative estimate of drug-likeness (QED) is 0.811. The first kappa shape index (κ1) is 17.2. The number of nitrogens with two attached hydrogens (primary N) is 1. The third-order valence-corrected chi connectivity index (χ3v) is 3.83. The van der Waals surface area contributed by atoms with E-state index in [2.05, 4.69) is 0 Å². The van der Waals surface area contributed by atoms with Crippen molar-refractivity contribution in [2.45, 2.75) is 32.7 Å². The van der Waals surface area contributed by atoms with E-state index >= 15 is 0 Å². The van der Waals surface area contributed by atoms with Gasteiger partial charge in [-0.05, 0) is 31.5 Å². The minimum Gasteiger partial charge on any atom is -0.393 e. The largest absolute Gasteiger partial charge is 0.393 e. The molecule has 0 aliphatic heterocycles. The number of benzene rings is 1. The van der Waals surface area contributed by atoms with E-state index in [1.54, 1.807) is 23.1 Å². The van der Waals surface area contributed by atoms with Crippen molar-refractivity contribution in [1.29, 1.82) is 0 Å². The maximum absolute atomic E-state index is 12.3. The molecular weight excluding hydrogens is 315 g/mol. The molecule has 1 rings (SSSR count). The van der Waals surface area contributed by atoms with Gasteiger partial charge in [0.1, 0.15) is 0 Å². The van der Waals surface area contributed by atoms with Crippen LogP contribution in [0.3, 0.4) is 0 Å². The van der Waals surface area contributed by atoms with Crippen LogP contribution < -0.4 is 5.73 Å². The maximum Gasteiger partial charge on any atom is 0.227 e. The number of amides is 1.